The van der Waals surface area contributed by atoms with Crippen LogP contribution in [0.25, 0.3) is 0 Å². The first-order valence-electron chi connectivity index (χ1n) is 8.39. The third-order valence-electron chi connectivity index (χ3n) is 4.19. The van der Waals surface area contributed by atoms with Gasteiger partial charge >= 0.3 is 6.18 Å². The molecule has 2 heterocycles. The minimum Gasteiger partial charge on any atom is -0.384 e. The lowest BCUT2D eigenvalue weighted by Crippen LogP contribution is -2.28. The summed E-state index contributed by atoms with van der Waals surface area (Å²) in [6.07, 6.45) is 0.283. The summed E-state index contributed by atoms with van der Waals surface area (Å²) in [4.78, 5) is 22.2. The maximum Gasteiger partial charge on any atom is 0.398 e. The molecule has 0 aliphatic carbocycles. The summed E-state index contributed by atoms with van der Waals surface area (Å²) < 4.78 is 38.1. The fourth-order valence-corrected chi connectivity index (χ4v) is 4.90. The Morgan fingerprint density at radius 3 is 2.48 bits per heavy atom. The number of alkyl halides is 3. The van der Waals surface area contributed by atoms with E-state index in [-0.39, 0.29) is 10.7 Å². The van der Waals surface area contributed by atoms with E-state index >= 15 is 0 Å². The lowest BCUT2D eigenvalue weighted by atomic mass is 10.1. The van der Waals surface area contributed by atoms with Crippen LogP contribution in [0.2, 0.25) is 0 Å². The van der Waals surface area contributed by atoms with Gasteiger partial charge < -0.3 is 16.4 Å². The van der Waals surface area contributed by atoms with Crippen LogP contribution >= 0.6 is 23.5 Å². The number of benzene rings is 1. The van der Waals surface area contributed by atoms with Gasteiger partial charge in [0.05, 0.1) is 5.75 Å². The van der Waals surface area contributed by atoms with Gasteiger partial charge in [0.25, 0.3) is 5.91 Å². The van der Waals surface area contributed by atoms with Crippen molar-refractivity contribution in [3.8, 4) is 0 Å². The SMILES string of the molecule is Cc1cc(C)c(N2C(N)=C(C(N)=O)SC2c2cncnc2)cc1SCC(F)(F)F. The number of aryl methyl sites for hydroxylation is 2. The highest BCUT2D eigenvalue weighted by Crippen LogP contribution is 2.49. The molecular formula is C18H18F3N5OS2. The van der Waals surface area contributed by atoms with Gasteiger partial charge in [-0.2, -0.15) is 13.2 Å². The number of primary amides is 1. The number of nitrogens with two attached hydrogens (primary N) is 2. The standard InChI is InChI=1S/C18H18F3N5OS2/c1-9-3-10(2)13(28-7-18(19,20)21)4-12(9)26-15(22)14(16(23)27)29-17(26)11-5-24-8-25-6-11/h3-6,8,17H,7,22H2,1-2H3,(H2,23,27). The molecular weight excluding hydrogens is 423 g/mol. The summed E-state index contributed by atoms with van der Waals surface area (Å²) >= 11 is 1.87. The molecule has 1 atom stereocenters. The van der Waals surface area contributed by atoms with E-state index < -0.39 is 23.2 Å². The van der Waals surface area contributed by atoms with Crippen molar-refractivity contribution in [2.75, 3.05) is 10.7 Å². The van der Waals surface area contributed by atoms with Crippen molar-refractivity contribution < 1.29 is 18.0 Å². The van der Waals surface area contributed by atoms with Crippen LogP contribution in [0.3, 0.4) is 0 Å². The summed E-state index contributed by atoms with van der Waals surface area (Å²) in [7, 11) is 0. The van der Waals surface area contributed by atoms with Gasteiger partial charge in [0, 0.05) is 28.5 Å². The first kappa shape index (κ1) is 21.3. The lowest BCUT2D eigenvalue weighted by molar-refractivity contribution is -0.114. The van der Waals surface area contributed by atoms with Gasteiger partial charge in [0.2, 0.25) is 0 Å². The van der Waals surface area contributed by atoms with Crippen LogP contribution in [0.1, 0.15) is 22.1 Å². The van der Waals surface area contributed by atoms with Crippen LogP contribution in [0.5, 0.6) is 0 Å². The van der Waals surface area contributed by atoms with Gasteiger partial charge in [-0.3, -0.25) is 4.79 Å². The summed E-state index contributed by atoms with van der Waals surface area (Å²) in [5.74, 6) is -1.53. The maximum atomic E-state index is 12.7. The quantitative estimate of drug-likeness (QED) is 0.684. The Bertz CT molecular complexity index is 966. The zero-order chi connectivity index (χ0) is 21.3. The van der Waals surface area contributed by atoms with Crippen LogP contribution < -0.4 is 16.4 Å². The zero-order valence-electron chi connectivity index (χ0n) is 15.5. The van der Waals surface area contributed by atoms with Crippen molar-refractivity contribution in [3.63, 3.8) is 0 Å². The second kappa shape index (κ2) is 8.15. The molecule has 3 rings (SSSR count). The summed E-state index contributed by atoms with van der Waals surface area (Å²) in [6, 6.07) is 3.46. The van der Waals surface area contributed by atoms with E-state index in [0.29, 0.717) is 27.9 Å². The van der Waals surface area contributed by atoms with Gasteiger partial charge in [0.1, 0.15) is 22.4 Å². The van der Waals surface area contributed by atoms with E-state index in [0.717, 1.165) is 22.9 Å². The molecule has 0 saturated carbocycles. The normalized spacial score (nSPS) is 17.1. The number of hydrogen-bond donors (Lipinski definition) is 2. The van der Waals surface area contributed by atoms with Crippen molar-refractivity contribution in [2.24, 2.45) is 11.5 Å². The number of carbonyl (C=O) groups excluding carboxylic acids is 1. The number of hydrogen-bond acceptors (Lipinski definition) is 7. The molecule has 2 aromatic rings. The van der Waals surface area contributed by atoms with Crippen LogP contribution in [-0.4, -0.2) is 27.8 Å². The number of anilines is 1. The largest absolute Gasteiger partial charge is 0.398 e. The average molecular weight is 442 g/mol. The first-order chi connectivity index (χ1) is 13.6. The highest BCUT2D eigenvalue weighted by molar-refractivity contribution is 8.04. The summed E-state index contributed by atoms with van der Waals surface area (Å²) in [5, 5.41) is -0.472. The van der Waals surface area contributed by atoms with Gasteiger partial charge in [-0.05, 0) is 31.0 Å². The van der Waals surface area contributed by atoms with E-state index in [1.54, 1.807) is 36.4 Å². The molecule has 154 valence electrons. The molecule has 0 fully saturated rings. The molecule has 1 amide bonds. The molecule has 1 aliphatic rings. The molecule has 0 radical (unpaired) electrons. The Hall–Kier alpha value is -2.40. The molecule has 11 heteroatoms. The van der Waals surface area contributed by atoms with Crippen LogP contribution in [-0.2, 0) is 4.79 Å². The average Bonchev–Trinajstić information content (AvgIpc) is 2.98. The first-order valence-corrected chi connectivity index (χ1v) is 10.3. The Kier molecular flexibility index (Phi) is 5.99. The highest BCUT2D eigenvalue weighted by Gasteiger charge is 2.37. The monoisotopic (exact) mass is 441 g/mol. The molecule has 4 N–H and O–H groups in total. The Balaban J connectivity index is 2.08. The number of thioether (sulfide) groups is 2. The Morgan fingerprint density at radius 2 is 1.90 bits per heavy atom. The number of aromatic nitrogens is 2. The molecule has 1 aromatic carbocycles. The Morgan fingerprint density at radius 1 is 1.24 bits per heavy atom. The minimum atomic E-state index is -4.28. The van der Waals surface area contributed by atoms with Crippen molar-refractivity contribution in [1.82, 2.24) is 9.97 Å². The number of rotatable bonds is 5. The van der Waals surface area contributed by atoms with E-state index in [9.17, 15) is 18.0 Å². The topological polar surface area (TPSA) is 98.1 Å². The molecule has 1 unspecified atom stereocenters. The third kappa shape index (κ3) is 4.61. The van der Waals surface area contributed by atoms with Gasteiger partial charge in [0.15, 0.2) is 0 Å². The lowest BCUT2D eigenvalue weighted by Gasteiger charge is -2.29. The predicted molar refractivity (Wildman–Crippen MR) is 108 cm³/mol. The van der Waals surface area contributed by atoms with Crippen molar-refractivity contribution in [3.05, 3.63) is 58.3 Å². The maximum absolute atomic E-state index is 12.7. The number of amides is 1. The highest BCUT2D eigenvalue weighted by atomic mass is 32.2. The molecule has 1 aliphatic heterocycles. The fourth-order valence-electron chi connectivity index (χ4n) is 2.95. The Labute approximate surface area is 173 Å². The molecule has 0 saturated heterocycles. The van der Waals surface area contributed by atoms with Crippen molar-refractivity contribution >= 4 is 35.1 Å². The second-order valence-corrected chi connectivity index (χ2v) is 8.51. The predicted octanol–water partition coefficient (Wildman–Crippen LogP) is 3.61. The van der Waals surface area contributed by atoms with Crippen LogP contribution in [0.4, 0.5) is 18.9 Å². The van der Waals surface area contributed by atoms with E-state index in [1.165, 1.54) is 6.33 Å². The van der Waals surface area contributed by atoms with Gasteiger partial charge in [-0.1, -0.05) is 17.8 Å². The number of carbonyl (C=O) groups is 1. The van der Waals surface area contributed by atoms with E-state index in [1.807, 2.05) is 6.92 Å². The fraction of sp³-hybridized carbons (Fsp3) is 0.278. The molecule has 0 spiro atoms. The molecule has 6 nitrogen and oxygen atoms in total. The second-order valence-electron chi connectivity index (χ2n) is 6.40. The number of nitrogens with zero attached hydrogens (tertiary/aromatic N) is 3. The smallest absolute Gasteiger partial charge is 0.384 e. The third-order valence-corrected chi connectivity index (χ3v) is 6.76. The van der Waals surface area contributed by atoms with Crippen molar-refractivity contribution in [1.29, 1.82) is 0 Å². The minimum absolute atomic E-state index is 0.148. The van der Waals surface area contributed by atoms with Crippen molar-refractivity contribution in [2.45, 2.75) is 30.3 Å². The zero-order valence-corrected chi connectivity index (χ0v) is 17.2. The van der Waals surface area contributed by atoms with E-state index in [4.69, 9.17) is 11.5 Å². The number of halogens is 3. The molecule has 1 aromatic heterocycles. The van der Waals surface area contributed by atoms with E-state index in [2.05, 4.69) is 9.97 Å². The van der Waals surface area contributed by atoms with Crippen LogP contribution in [0, 0.1) is 13.8 Å². The molecule has 29 heavy (non-hydrogen) atoms. The summed E-state index contributed by atoms with van der Waals surface area (Å²) in [6.45, 7) is 3.59. The van der Waals surface area contributed by atoms with Crippen LogP contribution in [0.15, 0.2) is 46.5 Å². The van der Waals surface area contributed by atoms with Gasteiger partial charge in [-0.15, -0.1) is 11.8 Å². The summed E-state index contributed by atoms with van der Waals surface area (Å²) in [5.41, 5.74) is 14.5. The molecule has 0 bridgehead atoms. The van der Waals surface area contributed by atoms with Gasteiger partial charge in [-0.25, -0.2) is 9.97 Å².